The molecule has 0 bridgehead atoms. The number of benzene rings is 1. The summed E-state index contributed by atoms with van der Waals surface area (Å²) in [7, 11) is 1.48. The molecule has 1 unspecified atom stereocenters. The van der Waals surface area contributed by atoms with Crippen LogP contribution in [-0.4, -0.2) is 26.9 Å². The normalized spacial score (nSPS) is 18.3. The van der Waals surface area contributed by atoms with Gasteiger partial charge in [-0.2, -0.15) is 0 Å². The van der Waals surface area contributed by atoms with Gasteiger partial charge in [0, 0.05) is 19.3 Å². The molecule has 1 heterocycles. The smallest absolute Gasteiger partial charge is 0.165 e. The van der Waals surface area contributed by atoms with Crippen LogP contribution in [0, 0.1) is 11.7 Å². The van der Waals surface area contributed by atoms with Gasteiger partial charge in [-0.1, -0.05) is 6.07 Å². The Morgan fingerprint density at radius 1 is 1.42 bits per heavy atom. The standard InChI is InChI=1S/C15H22FNO2/c1-11(17-10-12-5-7-19-8-6-12)13-3-4-15(18-2)14(16)9-13/h3-4,9,11-12,17H,5-8,10H2,1-2H3. The van der Waals surface area contributed by atoms with Crippen molar-refractivity contribution in [3.63, 3.8) is 0 Å². The molecule has 0 radical (unpaired) electrons. The molecular formula is C15H22FNO2. The van der Waals surface area contributed by atoms with Gasteiger partial charge < -0.3 is 14.8 Å². The molecule has 106 valence electrons. The number of ether oxygens (including phenoxy) is 2. The van der Waals surface area contributed by atoms with Gasteiger partial charge in [-0.3, -0.25) is 0 Å². The van der Waals surface area contributed by atoms with E-state index in [1.165, 1.54) is 7.11 Å². The Balaban J connectivity index is 1.88. The van der Waals surface area contributed by atoms with E-state index >= 15 is 0 Å². The summed E-state index contributed by atoms with van der Waals surface area (Å²) in [5, 5.41) is 3.47. The Morgan fingerprint density at radius 2 is 2.16 bits per heavy atom. The quantitative estimate of drug-likeness (QED) is 0.889. The maximum atomic E-state index is 13.6. The molecule has 1 fully saturated rings. The van der Waals surface area contributed by atoms with Crippen molar-refractivity contribution in [2.24, 2.45) is 5.92 Å². The largest absolute Gasteiger partial charge is 0.494 e. The highest BCUT2D eigenvalue weighted by atomic mass is 19.1. The second kappa shape index (κ2) is 6.87. The van der Waals surface area contributed by atoms with Gasteiger partial charge in [0.2, 0.25) is 0 Å². The van der Waals surface area contributed by atoms with Crippen molar-refractivity contribution >= 4 is 0 Å². The Hall–Kier alpha value is -1.13. The predicted octanol–water partition coefficient (Wildman–Crippen LogP) is 2.91. The Bertz CT molecular complexity index is 405. The summed E-state index contributed by atoms with van der Waals surface area (Å²) < 4.78 is 23.9. The van der Waals surface area contributed by atoms with Gasteiger partial charge in [0.1, 0.15) is 0 Å². The van der Waals surface area contributed by atoms with Crippen LogP contribution in [0.2, 0.25) is 0 Å². The molecule has 0 aliphatic carbocycles. The third-order valence-electron chi connectivity index (χ3n) is 3.73. The predicted molar refractivity (Wildman–Crippen MR) is 72.9 cm³/mol. The van der Waals surface area contributed by atoms with E-state index in [9.17, 15) is 4.39 Å². The first-order valence-electron chi connectivity index (χ1n) is 6.85. The van der Waals surface area contributed by atoms with Crippen LogP contribution in [0.3, 0.4) is 0 Å². The monoisotopic (exact) mass is 267 g/mol. The van der Waals surface area contributed by atoms with Crippen molar-refractivity contribution in [2.75, 3.05) is 26.9 Å². The SMILES string of the molecule is COc1ccc(C(C)NCC2CCOCC2)cc1F. The van der Waals surface area contributed by atoms with Gasteiger partial charge in [0.25, 0.3) is 0 Å². The van der Waals surface area contributed by atoms with Gasteiger partial charge in [0.15, 0.2) is 11.6 Å². The van der Waals surface area contributed by atoms with Gasteiger partial charge in [-0.05, 0) is 49.9 Å². The third kappa shape index (κ3) is 3.91. The number of nitrogens with one attached hydrogen (secondary N) is 1. The van der Waals surface area contributed by atoms with E-state index in [0.29, 0.717) is 11.7 Å². The fraction of sp³-hybridized carbons (Fsp3) is 0.600. The van der Waals surface area contributed by atoms with Gasteiger partial charge in [-0.25, -0.2) is 4.39 Å². The molecule has 1 aromatic carbocycles. The van der Waals surface area contributed by atoms with Crippen LogP contribution in [0.5, 0.6) is 5.75 Å². The van der Waals surface area contributed by atoms with Gasteiger partial charge in [-0.15, -0.1) is 0 Å². The Kier molecular flexibility index (Phi) is 5.16. The number of methoxy groups -OCH3 is 1. The fourth-order valence-corrected chi connectivity index (χ4v) is 2.36. The van der Waals surface area contributed by atoms with E-state index in [4.69, 9.17) is 9.47 Å². The van der Waals surface area contributed by atoms with Crippen molar-refractivity contribution in [3.05, 3.63) is 29.6 Å². The molecular weight excluding hydrogens is 245 g/mol. The van der Waals surface area contributed by atoms with Crippen LogP contribution in [0.15, 0.2) is 18.2 Å². The molecule has 1 aliphatic rings. The second-order valence-electron chi connectivity index (χ2n) is 5.08. The Labute approximate surface area is 114 Å². The lowest BCUT2D eigenvalue weighted by Gasteiger charge is -2.24. The van der Waals surface area contributed by atoms with Crippen molar-refractivity contribution < 1.29 is 13.9 Å². The average molecular weight is 267 g/mol. The highest BCUT2D eigenvalue weighted by Gasteiger charge is 2.15. The second-order valence-corrected chi connectivity index (χ2v) is 5.08. The highest BCUT2D eigenvalue weighted by molar-refractivity contribution is 5.30. The molecule has 3 nitrogen and oxygen atoms in total. The third-order valence-corrected chi connectivity index (χ3v) is 3.73. The molecule has 1 atom stereocenters. The molecule has 0 saturated carbocycles. The summed E-state index contributed by atoms with van der Waals surface area (Å²) in [6, 6.07) is 5.27. The Morgan fingerprint density at radius 3 is 2.79 bits per heavy atom. The zero-order valence-corrected chi connectivity index (χ0v) is 11.6. The summed E-state index contributed by atoms with van der Waals surface area (Å²) in [5.74, 6) is 0.652. The minimum atomic E-state index is -0.306. The van der Waals surface area contributed by atoms with Crippen LogP contribution in [0.4, 0.5) is 4.39 Å². The molecule has 19 heavy (non-hydrogen) atoms. The maximum Gasteiger partial charge on any atom is 0.165 e. The zero-order chi connectivity index (χ0) is 13.7. The van der Waals surface area contributed by atoms with E-state index in [1.807, 2.05) is 6.07 Å². The molecule has 0 aromatic heterocycles. The van der Waals surface area contributed by atoms with E-state index in [2.05, 4.69) is 12.2 Å². The minimum Gasteiger partial charge on any atom is -0.494 e. The molecule has 2 rings (SSSR count). The van der Waals surface area contributed by atoms with E-state index in [0.717, 1.165) is 38.2 Å². The van der Waals surface area contributed by atoms with E-state index < -0.39 is 0 Å². The zero-order valence-electron chi connectivity index (χ0n) is 11.6. The number of hydrogen-bond acceptors (Lipinski definition) is 3. The molecule has 0 amide bonds. The molecule has 4 heteroatoms. The summed E-state index contributed by atoms with van der Waals surface area (Å²) in [5.41, 5.74) is 0.949. The van der Waals surface area contributed by atoms with Gasteiger partial charge >= 0.3 is 0 Å². The van der Waals surface area contributed by atoms with Crippen LogP contribution in [0.25, 0.3) is 0 Å². The molecule has 0 spiro atoms. The van der Waals surface area contributed by atoms with Crippen LogP contribution in [-0.2, 0) is 4.74 Å². The van der Waals surface area contributed by atoms with Crippen LogP contribution in [0.1, 0.15) is 31.4 Å². The number of rotatable bonds is 5. The maximum absolute atomic E-state index is 13.6. The molecule has 1 N–H and O–H groups in total. The van der Waals surface area contributed by atoms with Crippen LogP contribution < -0.4 is 10.1 Å². The first kappa shape index (κ1) is 14.3. The molecule has 1 saturated heterocycles. The average Bonchev–Trinajstić information content (AvgIpc) is 2.45. The highest BCUT2D eigenvalue weighted by Crippen LogP contribution is 2.22. The lowest BCUT2D eigenvalue weighted by atomic mass is 9.99. The number of hydrogen-bond donors (Lipinski definition) is 1. The molecule has 1 aliphatic heterocycles. The summed E-state index contributed by atoms with van der Waals surface area (Å²) in [6.45, 7) is 4.73. The van der Waals surface area contributed by atoms with E-state index in [1.54, 1.807) is 12.1 Å². The summed E-state index contributed by atoms with van der Waals surface area (Å²) in [4.78, 5) is 0. The topological polar surface area (TPSA) is 30.5 Å². The van der Waals surface area contributed by atoms with E-state index in [-0.39, 0.29) is 11.9 Å². The summed E-state index contributed by atoms with van der Waals surface area (Å²) >= 11 is 0. The van der Waals surface area contributed by atoms with Crippen LogP contribution >= 0.6 is 0 Å². The van der Waals surface area contributed by atoms with Crippen molar-refractivity contribution in [1.82, 2.24) is 5.32 Å². The lowest BCUT2D eigenvalue weighted by Crippen LogP contribution is -2.29. The fourth-order valence-electron chi connectivity index (χ4n) is 2.36. The minimum absolute atomic E-state index is 0.142. The van der Waals surface area contributed by atoms with Gasteiger partial charge in [0.05, 0.1) is 7.11 Å². The molecule has 1 aromatic rings. The van der Waals surface area contributed by atoms with Crippen molar-refractivity contribution in [3.8, 4) is 5.75 Å². The first-order valence-corrected chi connectivity index (χ1v) is 6.85. The lowest BCUT2D eigenvalue weighted by molar-refractivity contribution is 0.0656. The van der Waals surface area contributed by atoms with Crippen molar-refractivity contribution in [1.29, 1.82) is 0 Å². The number of halogens is 1. The van der Waals surface area contributed by atoms with Crippen molar-refractivity contribution in [2.45, 2.75) is 25.8 Å². The first-order chi connectivity index (χ1) is 9.20. The summed E-state index contributed by atoms with van der Waals surface area (Å²) in [6.07, 6.45) is 2.22.